The topological polar surface area (TPSA) is 194 Å². The van der Waals surface area contributed by atoms with E-state index in [1.165, 1.54) is 4.90 Å². The van der Waals surface area contributed by atoms with Gasteiger partial charge in [0.25, 0.3) is 0 Å². The predicted molar refractivity (Wildman–Crippen MR) is 233 cm³/mol. The second kappa shape index (κ2) is 21.9. The molecule has 1 aliphatic rings. The van der Waals surface area contributed by atoms with Crippen LogP contribution in [0.25, 0.3) is 10.4 Å². The number of likely N-dealkylation sites (N-methyl/N-ethyl adjacent to an activating group) is 1. The van der Waals surface area contributed by atoms with E-state index in [0.717, 1.165) is 45.7 Å². The van der Waals surface area contributed by atoms with Gasteiger partial charge in [0, 0.05) is 45.1 Å². The van der Waals surface area contributed by atoms with Crippen LogP contribution >= 0.6 is 11.3 Å². The SMILES string of the molecule is Cc1ncsc1-c1ccc(CNC(=O)[C@@H]2C[C@@H](O)CN2C(=O)[C@@H](NC(=O)CCCCc2ccc(CN(C)C[C@H](CCC(O)O)NC(=O)OC(C)(C)C)cc2)C(C)(C)C)cc1. The summed E-state index contributed by atoms with van der Waals surface area (Å²) in [6.07, 6.45) is 0.153. The van der Waals surface area contributed by atoms with Crippen molar-refractivity contribution in [2.45, 2.75) is 143 Å². The molecule has 15 heteroatoms. The Labute approximate surface area is 359 Å². The molecule has 4 rings (SSSR count). The number of hydrogen-bond acceptors (Lipinski definition) is 11. The number of alkyl carbamates (subject to hydrolysis) is 1. The summed E-state index contributed by atoms with van der Waals surface area (Å²) >= 11 is 1.58. The Morgan fingerprint density at radius 1 is 0.933 bits per heavy atom. The lowest BCUT2D eigenvalue weighted by molar-refractivity contribution is -0.144. The maximum Gasteiger partial charge on any atom is 0.407 e. The number of likely N-dealkylation sites (tertiary alicyclic amines) is 1. The van der Waals surface area contributed by atoms with Crippen LogP contribution in [0, 0.1) is 12.3 Å². The fraction of sp³-hybridized carbons (Fsp3) is 0.578. The van der Waals surface area contributed by atoms with Crippen molar-refractivity contribution in [2.24, 2.45) is 5.41 Å². The van der Waals surface area contributed by atoms with Gasteiger partial charge in [0.05, 0.1) is 22.2 Å². The largest absolute Gasteiger partial charge is 0.444 e. The number of unbranched alkanes of at least 4 members (excludes halogenated alkanes) is 1. The molecule has 14 nitrogen and oxygen atoms in total. The van der Waals surface area contributed by atoms with Gasteiger partial charge in [0.1, 0.15) is 17.7 Å². The minimum Gasteiger partial charge on any atom is -0.444 e. The lowest BCUT2D eigenvalue weighted by Gasteiger charge is -2.35. The number of rotatable bonds is 19. The van der Waals surface area contributed by atoms with Gasteiger partial charge in [-0.3, -0.25) is 14.4 Å². The molecule has 6 N–H and O–H groups in total. The third kappa shape index (κ3) is 15.6. The van der Waals surface area contributed by atoms with Crippen LogP contribution < -0.4 is 16.0 Å². The maximum absolute atomic E-state index is 14.0. The van der Waals surface area contributed by atoms with Crippen molar-refractivity contribution in [3.63, 3.8) is 0 Å². The number of thiazole rings is 1. The summed E-state index contributed by atoms with van der Waals surface area (Å²) in [5.41, 5.74) is 5.66. The number of carbonyl (C=O) groups is 4. The molecule has 1 aliphatic heterocycles. The van der Waals surface area contributed by atoms with Crippen LogP contribution in [-0.4, -0.2) is 110 Å². The summed E-state index contributed by atoms with van der Waals surface area (Å²) in [5.74, 6) is -0.980. The van der Waals surface area contributed by atoms with E-state index in [1.807, 2.05) is 64.5 Å². The standard InChI is InChI=1S/C45H66N6O8S/c1-29-39(60-28-47-29)33-19-17-31(18-20-33)24-46-41(56)36-23-35(52)27-51(36)42(57)40(44(2,3)4)49-37(53)12-10-9-11-30-13-15-32(16-14-30)25-50(8)26-34(21-22-38(54)55)48-43(58)59-45(5,6)7/h13-20,28,34-36,38,40,52,54-55H,9-12,21-27H2,1-8H3,(H,46,56)(H,48,58)(H,49,53)/t34-,35+,36-,40+/m0/s1. The number of ether oxygens (including phenoxy) is 1. The van der Waals surface area contributed by atoms with Crippen LogP contribution in [0.3, 0.4) is 0 Å². The Morgan fingerprint density at radius 3 is 2.18 bits per heavy atom. The molecule has 4 atom stereocenters. The lowest BCUT2D eigenvalue weighted by atomic mass is 9.85. The second-order valence-electron chi connectivity index (χ2n) is 18.1. The molecule has 330 valence electrons. The first-order valence-corrected chi connectivity index (χ1v) is 21.7. The number of aliphatic hydroxyl groups is 3. The zero-order chi connectivity index (χ0) is 44.2. The van der Waals surface area contributed by atoms with E-state index < -0.39 is 41.6 Å². The van der Waals surface area contributed by atoms with Crippen LogP contribution in [0.4, 0.5) is 4.79 Å². The average molecular weight is 851 g/mol. The monoisotopic (exact) mass is 850 g/mol. The number of carbonyl (C=O) groups excluding carboxylic acids is 4. The van der Waals surface area contributed by atoms with Crippen LogP contribution in [0.1, 0.15) is 102 Å². The highest BCUT2D eigenvalue weighted by Gasteiger charge is 2.44. The van der Waals surface area contributed by atoms with Gasteiger partial charge < -0.3 is 45.8 Å². The summed E-state index contributed by atoms with van der Waals surface area (Å²) in [7, 11) is 1.94. The molecule has 1 saturated heterocycles. The van der Waals surface area contributed by atoms with E-state index in [4.69, 9.17) is 4.74 Å². The minimum absolute atomic E-state index is 0.0127. The van der Waals surface area contributed by atoms with E-state index in [2.05, 4.69) is 50.1 Å². The number of aromatic nitrogens is 1. The summed E-state index contributed by atoms with van der Waals surface area (Å²) < 4.78 is 5.39. The van der Waals surface area contributed by atoms with Gasteiger partial charge in [-0.05, 0) is 94.5 Å². The molecule has 0 spiro atoms. The van der Waals surface area contributed by atoms with Gasteiger partial charge in [-0.1, -0.05) is 69.3 Å². The van der Waals surface area contributed by atoms with Crippen LogP contribution in [-0.2, 0) is 38.6 Å². The molecule has 1 fully saturated rings. The summed E-state index contributed by atoms with van der Waals surface area (Å²) in [4.78, 5) is 62.0. The highest BCUT2D eigenvalue weighted by atomic mass is 32.1. The highest BCUT2D eigenvalue weighted by molar-refractivity contribution is 7.13. The number of hydrogen-bond donors (Lipinski definition) is 6. The molecular formula is C45H66N6O8S. The molecule has 4 amide bonds. The van der Waals surface area contributed by atoms with E-state index in [1.54, 1.807) is 32.1 Å². The van der Waals surface area contributed by atoms with Crippen LogP contribution in [0.5, 0.6) is 0 Å². The van der Waals surface area contributed by atoms with E-state index in [0.29, 0.717) is 25.9 Å². The Hall–Kier alpha value is -4.41. The zero-order valence-corrected chi connectivity index (χ0v) is 37.3. The van der Waals surface area contributed by atoms with Crippen LogP contribution in [0.2, 0.25) is 0 Å². The molecule has 0 unspecified atom stereocenters. The quantitative estimate of drug-likeness (QED) is 0.0702. The first-order chi connectivity index (χ1) is 28.2. The number of aliphatic hydroxyl groups excluding tert-OH is 2. The molecule has 2 aromatic carbocycles. The molecule has 1 aromatic heterocycles. The molecule has 0 radical (unpaired) electrons. The predicted octanol–water partition coefficient (Wildman–Crippen LogP) is 5.06. The van der Waals surface area contributed by atoms with Crippen molar-refractivity contribution < 1.29 is 39.2 Å². The molecule has 60 heavy (non-hydrogen) atoms. The molecular weight excluding hydrogens is 785 g/mol. The molecule has 0 aliphatic carbocycles. The number of amides is 4. The second-order valence-corrected chi connectivity index (χ2v) is 18.9. The average Bonchev–Trinajstić information content (AvgIpc) is 3.78. The van der Waals surface area contributed by atoms with Gasteiger partial charge in [0.2, 0.25) is 17.7 Å². The molecule has 0 saturated carbocycles. The van der Waals surface area contributed by atoms with Crippen molar-refractivity contribution >= 4 is 35.2 Å². The number of β-amino-alcohol motifs (C(OH)–C–C–N with tert-alkyl or cyclic N) is 1. The third-order valence-corrected chi connectivity index (χ3v) is 11.3. The fourth-order valence-corrected chi connectivity index (χ4v) is 8.04. The first kappa shape index (κ1) is 48.3. The van der Waals surface area contributed by atoms with Gasteiger partial charge in [-0.2, -0.15) is 0 Å². The molecule has 3 aromatic rings. The first-order valence-electron chi connectivity index (χ1n) is 20.9. The van der Waals surface area contributed by atoms with Crippen LogP contribution in [0.15, 0.2) is 54.0 Å². The Balaban J connectivity index is 1.23. The third-order valence-electron chi connectivity index (χ3n) is 10.3. The number of aryl methyl sites for hydroxylation is 2. The Kier molecular flexibility index (Phi) is 17.6. The summed E-state index contributed by atoms with van der Waals surface area (Å²) in [5, 5.41) is 38.1. The van der Waals surface area contributed by atoms with Gasteiger partial charge >= 0.3 is 6.09 Å². The fourth-order valence-electron chi connectivity index (χ4n) is 7.23. The lowest BCUT2D eigenvalue weighted by Crippen LogP contribution is -2.57. The number of nitrogens with zero attached hydrogens (tertiary/aromatic N) is 3. The Morgan fingerprint density at radius 2 is 1.58 bits per heavy atom. The van der Waals surface area contributed by atoms with E-state index in [-0.39, 0.29) is 56.1 Å². The number of benzene rings is 2. The van der Waals surface area contributed by atoms with E-state index >= 15 is 0 Å². The van der Waals surface area contributed by atoms with Crippen molar-refractivity contribution in [3.05, 3.63) is 76.4 Å². The summed E-state index contributed by atoms with van der Waals surface area (Å²) in [6, 6.07) is 14.1. The summed E-state index contributed by atoms with van der Waals surface area (Å²) in [6.45, 7) is 14.3. The highest BCUT2D eigenvalue weighted by Crippen LogP contribution is 2.28. The van der Waals surface area contributed by atoms with Gasteiger partial charge in [0.15, 0.2) is 6.29 Å². The van der Waals surface area contributed by atoms with Gasteiger partial charge in [-0.15, -0.1) is 11.3 Å². The molecule has 2 heterocycles. The maximum atomic E-state index is 14.0. The molecule has 0 bridgehead atoms. The van der Waals surface area contributed by atoms with Crippen molar-refractivity contribution in [3.8, 4) is 10.4 Å². The minimum atomic E-state index is -1.46. The van der Waals surface area contributed by atoms with Crippen molar-refractivity contribution in [1.29, 1.82) is 0 Å². The Bertz CT molecular complexity index is 1850. The van der Waals surface area contributed by atoms with E-state index in [9.17, 15) is 34.5 Å². The number of nitrogens with one attached hydrogen (secondary N) is 3. The van der Waals surface area contributed by atoms with Crippen molar-refractivity contribution in [2.75, 3.05) is 20.1 Å². The van der Waals surface area contributed by atoms with Gasteiger partial charge in [-0.25, -0.2) is 9.78 Å². The smallest absolute Gasteiger partial charge is 0.407 e. The normalized spacial score (nSPS) is 16.8. The zero-order valence-electron chi connectivity index (χ0n) is 36.5. The van der Waals surface area contributed by atoms with Crippen molar-refractivity contribution in [1.82, 2.24) is 30.7 Å².